The number of nitrogens with zero attached hydrogens (tertiary/aromatic N) is 3. The molecule has 1 aromatic carbocycles. The zero-order chi connectivity index (χ0) is 16.8. The van der Waals surface area contributed by atoms with Crippen molar-refractivity contribution in [2.75, 3.05) is 20.6 Å². The number of rotatable bonds is 7. The van der Waals surface area contributed by atoms with Crippen LogP contribution in [0.4, 0.5) is 0 Å². The van der Waals surface area contributed by atoms with Crippen LogP contribution < -0.4 is 5.32 Å². The highest BCUT2D eigenvalue weighted by Crippen LogP contribution is 2.19. The van der Waals surface area contributed by atoms with Gasteiger partial charge < -0.3 is 5.32 Å². The van der Waals surface area contributed by atoms with Crippen molar-refractivity contribution in [3.05, 3.63) is 52.8 Å². The van der Waals surface area contributed by atoms with Gasteiger partial charge in [0.15, 0.2) is 0 Å². The zero-order valence-corrected chi connectivity index (χ0v) is 14.5. The quantitative estimate of drug-likeness (QED) is 0.792. The molecule has 124 valence electrons. The molecule has 2 rings (SSSR count). The highest BCUT2D eigenvalue weighted by atomic mass is 35.5. The Hall–Kier alpha value is -1.85. The fourth-order valence-corrected chi connectivity index (χ4v) is 2.69. The fourth-order valence-electron chi connectivity index (χ4n) is 2.53. The number of amides is 1. The minimum atomic E-state index is -0.283. The van der Waals surface area contributed by atoms with Crippen LogP contribution in [-0.4, -0.2) is 41.2 Å². The van der Waals surface area contributed by atoms with Crippen molar-refractivity contribution >= 4 is 17.5 Å². The van der Waals surface area contributed by atoms with Crippen molar-refractivity contribution in [3.63, 3.8) is 0 Å². The molecule has 0 unspecified atom stereocenters. The SMILES string of the molecule is Cc1cccc([C@H](C(=O)NCCCn2cc(Cl)cn2)N(C)C)c1. The molecule has 6 heteroatoms. The Kier molecular flexibility index (Phi) is 6.19. The molecular weight excluding hydrogens is 312 g/mol. The summed E-state index contributed by atoms with van der Waals surface area (Å²) >= 11 is 5.82. The number of hydrogen-bond acceptors (Lipinski definition) is 3. The second kappa shape index (κ2) is 8.13. The van der Waals surface area contributed by atoms with Crippen LogP contribution >= 0.6 is 11.6 Å². The molecule has 0 bridgehead atoms. The van der Waals surface area contributed by atoms with Gasteiger partial charge in [-0.1, -0.05) is 41.4 Å². The Morgan fingerprint density at radius 1 is 1.43 bits per heavy atom. The molecule has 0 saturated heterocycles. The van der Waals surface area contributed by atoms with E-state index in [4.69, 9.17) is 11.6 Å². The van der Waals surface area contributed by atoms with Gasteiger partial charge in [0, 0.05) is 19.3 Å². The van der Waals surface area contributed by atoms with Gasteiger partial charge in [-0.3, -0.25) is 14.4 Å². The van der Waals surface area contributed by atoms with E-state index in [1.807, 2.05) is 44.1 Å². The average molecular weight is 335 g/mol. The Morgan fingerprint density at radius 3 is 2.83 bits per heavy atom. The van der Waals surface area contributed by atoms with Gasteiger partial charge >= 0.3 is 0 Å². The molecule has 0 radical (unpaired) electrons. The monoisotopic (exact) mass is 334 g/mol. The zero-order valence-electron chi connectivity index (χ0n) is 13.8. The largest absolute Gasteiger partial charge is 0.354 e. The summed E-state index contributed by atoms with van der Waals surface area (Å²) in [5, 5.41) is 7.75. The predicted octanol–water partition coefficient (Wildman–Crippen LogP) is 2.65. The first kappa shape index (κ1) is 17.5. The molecule has 1 atom stereocenters. The number of carbonyl (C=O) groups excluding carboxylic acids is 1. The molecule has 0 fully saturated rings. The Bertz CT molecular complexity index is 654. The lowest BCUT2D eigenvalue weighted by atomic mass is 10.0. The maximum Gasteiger partial charge on any atom is 0.241 e. The number of hydrogen-bond donors (Lipinski definition) is 1. The third kappa shape index (κ3) is 5.08. The Balaban J connectivity index is 1.88. The Labute approximate surface area is 142 Å². The number of nitrogens with one attached hydrogen (secondary N) is 1. The molecule has 0 aliphatic carbocycles. The minimum Gasteiger partial charge on any atom is -0.354 e. The van der Waals surface area contributed by atoms with Gasteiger partial charge in [-0.25, -0.2) is 0 Å². The topological polar surface area (TPSA) is 50.2 Å². The summed E-state index contributed by atoms with van der Waals surface area (Å²) < 4.78 is 1.78. The number of carbonyl (C=O) groups is 1. The van der Waals surface area contributed by atoms with Crippen LogP contribution in [0.2, 0.25) is 5.02 Å². The fraction of sp³-hybridized carbons (Fsp3) is 0.412. The third-order valence-corrected chi connectivity index (χ3v) is 3.78. The molecule has 2 aromatic rings. The van der Waals surface area contributed by atoms with E-state index in [-0.39, 0.29) is 11.9 Å². The summed E-state index contributed by atoms with van der Waals surface area (Å²) in [7, 11) is 3.83. The minimum absolute atomic E-state index is 0.0131. The first-order valence-electron chi connectivity index (χ1n) is 7.66. The van der Waals surface area contributed by atoms with Crippen LogP contribution in [0.1, 0.15) is 23.6 Å². The highest BCUT2D eigenvalue weighted by Gasteiger charge is 2.22. The maximum atomic E-state index is 12.5. The lowest BCUT2D eigenvalue weighted by molar-refractivity contribution is -0.125. The van der Waals surface area contributed by atoms with Crippen molar-refractivity contribution in [1.29, 1.82) is 0 Å². The summed E-state index contributed by atoms with van der Waals surface area (Å²) in [5.41, 5.74) is 2.16. The Morgan fingerprint density at radius 2 is 2.22 bits per heavy atom. The summed E-state index contributed by atoms with van der Waals surface area (Å²) in [6.07, 6.45) is 4.19. The summed E-state index contributed by atoms with van der Waals surface area (Å²) in [4.78, 5) is 14.4. The number of halogens is 1. The molecular formula is C17H23ClN4O. The molecule has 1 aromatic heterocycles. The van der Waals surface area contributed by atoms with E-state index < -0.39 is 0 Å². The van der Waals surface area contributed by atoms with Gasteiger partial charge in [0.25, 0.3) is 0 Å². The molecule has 0 aliphatic heterocycles. The number of aromatic nitrogens is 2. The van der Waals surface area contributed by atoms with Gasteiger partial charge in [-0.2, -0.15) is 5.10 Å². The van der Waals surface area contributed by atoms with Crippen molar-refractivity contribution in [3.8, 4) is 0 Å². The van der Waals surface area contributed by atoms with Gasteiger partial charge in [-0.05, 0) is 33.0 Å². The second-order valence-corrected chi connectivity index (χ2v) is 6.28. The van der Waals surface area contributed by atoms with Crippen LogP contribution in [0.3, 0.4) is 0 Å². The van der Waals surface area contributed by atoms with Crippen LogP contribution in [-0.2, 0) is 11.3 Å². The normalized spacial score (nSPS) is 12.4. The van der Waals surface area contributed by atoms with E-state index in [1.54, 1.807) is 17.1 Å². The first-order valence-corrected chi connectivity index (χ1v) is 8.04. The number of likely N-dealkylation sites (N-methyl/N-ethyl adjacent to an activating group) is 1. The van der Waals surface area contributed by atoms with Gasteiger partial charge in [0.05, 0.1) is 11.2 Å². The number of benzene rings is 1. The molecule has 0 aliphatic rings. The average Bonchev–Trinajstić information content (AvgIpc) is 2.89. The van der Waals surface area contributed by atoms with E-state index in [0.717, 1.165) is 24.1 Å². The van der Waals surface area contributed by atoms with Crippen LogP contribution in [0.15, 0.2) is 36.7 Å². The lowest BCUT2D eigenvalue weighted by Crippen LogP contribution is -2.37. The third-order valence-electron chi connectivity index (χ3n) is 3.59. The van der Waals surface area contributed by atoms with Crippen molar-refractivity contribution in [1.82, 2.24) is 20.0 Å². The van der Waals surface area contributed by atoms with Gasteiger partial charge in [0.1, 0.15) is 6.04 Å². The van der Waals surface area contributed by atoms with E-state index in [2.05, 4.69) is 16.5 Å². The predicted molar refractivity (Wildman–Crippen MR) is 92.5 cm³/mol. The molecule has 5 nitrogen and oxygen atoms in total. The molecule has 23 heavy (non-hydrogen) atoms. The van der Waals surface area contributed by atoms with Gasteiger partial charge in [-0.15, -0.1) is 0 Å². The summed E-state index contributed by atoms with van der Waals surface area (Å²) in [6, 6.07) is 7.77. The summed E-state index contributed by atoms with van der Waals surface area (Å²) in [6.45, 7) is 3.36. The van der Waals surface area contributed by atoms with Crippen LogP contribution in [0, 0.1) is 6.92 Å². The molecule has 0 spiro atoms. The van der Waals surface area contributed by atoms with E-state index >= 15 is 0 Å². The highest BCUT2D eigenvalue weighted by molar-refractivity contribution is 6.30. The smallest absolute Gasteiger partial charge is 0.241 e. The van der Waals surface area contributed by atoms with Crippen molar-refractivity contribution < 1.29 is 4.79 Å². The lowest BCUT2D eigenvalue weighted by Gasteiger charge is -2.24. The maximum absolute atomic E-state index is 12.5. The van der Waals surface area contributed by atoms with Crippen molar-refractivity contribution in [2.24, 2.45) is 0 Å². The van der Waals surface area contributed by atoms with E-state index in [9.17, 15) is 4.79 Å². The first-order chi connectivity index (χ1) is 11.0. The number of aryl methyl sites for hydroxylation is 2. The van der Waals surface area contributed by atoms with E-state index in [0.29, 0.717) is 11.6 Å². The van der Waals surface area contributed by atoms with Gasteiger partial charge in [0.2, 0.25) is 5.91 Å². The van der Waals surface area contributed by atoms with Crippen molar-refractivity contribution in [2.45, 2.75) is 25.9 Å². The molecule has 1 amide bonds. The van der Waals surface area contributed by atoms with Crippen LogP contribution in [0.5, 0.6) is 0 Å². The summed E-state index contributed by atoms with van der Waals surface area (Å²) in [5.74, 6) is 0.0131. The van der Waals surface area contributed by atoms with Crippen LogP contribution in [0.25, 0.3) is 0 Å². The molecule has 1 N–H and O–H groups in total. The molecule has 1 heterocycles. The second-order valence-electron chi connectivity index (χ2n) is 5.85. The van der Waals surface area contributed by atoms with E-state index in [1.165, 1.54) is 0 Å². The molecule has 0 saturated carbocycles. The standard InChI is InChI=1S/C17H23ClN4O/c1-13-6-4-7-14(10-13)16(21(2)3)17(23)19-8-5-9-22-12-15(18)11-20-22/h4,6-7,10-12,16H,5,8-9H2,1-3H3,(H,19,23)/t16-/m1/s1.